The zero-order valence-corrected chi connectivity index (χ0v) is 18.8. The quantitative estimate of drug-likeness (QED) is 0.679. The van der Waals surface area contributed by atoms with Gasteiger partial charge in [-0.1, -0.05) is 0 Å². The molecule has 0 N–H and O–H groups in total. The summed E-state index contributed by atoms with van der Waals surface area (Å²) in [7, 11) is 1.62. The number of hydrogen-bond donors (Lipinski definition) is 0. The number of ether oxygens (including phenoxy) is 2. The van der Waals surface area contributed by atoms with Crippen molar-refractivity contribution in [3.63, 3.8) is 0 Å². The molecule has 0 aliphatic carbocycles. The van der Waals surface area contributed by atoms with Gasteiger partial charge in [0.1, 0.15) is 11.5 Å². The molecule has 0 bridgehead atoms. The fourth-order valence-corrected chi connectivity index (χ4v) is 4.49. The molecule has 0 radical (unpaired) electrons. The summed E-state index contributed by atoms with van der Waals surface area (Å²) in [6, 6.07) is 14.7. The van der Waals surface area contributed by atoms with Crippen LogP contribution in [0, 0.1) is 5.92 Å². The van der Waals surface area contributed by atoms with Crippen molar-refractivity contribution >= 4 is 11.8 Å². The van der Waals surface area contributed by atoms with Crippen molar-refractivity contribution in [2.24, 2.45) is 5.92 Å². The third-order valence-electron chi connectivity index (χ3n) is 6.37. The molecule has 32 heavy (non-hydrogen) atoms. The Kier molecular flexibility index (Phi) is 7.30. The average molecular weight is 437 g/mol. The molecule has 6 nitrogen and oxygen atoms in total. The summed E-state index contributed by atoms with van der Waals surface area (Å²) >= 11 is 0. The normalized spacial score (nSPS) is 18.8. The van der Waals surface area contributed by atoms with Crippen LogP contribution in [0.2, 0.25) is 0 Å². The molecule has 0 unspecified atom stereocenters. The first kappa shape index (κ1) is 22.2. The standard InChI is InChI=1S/C26H32N2O4/c1-31-23-11-7-22(8-12-23)26(30)28-17-5-6-20(18-28)19-32-24-13-9-21(10-14-24)25(29)27-15-3-2-4-16-27/h7-14,20H,2-6,15-19H2,1H3/t20-/m1/s1. The molecule has 2 saturated heterocycles. The number of nitrogens with zero attached hydrogens (tertiary/aromatic N) is 2. The van der Waals surface area contributed by atoms with Crippen LogP contribution in [-0.2, 0) is 0 Å². The van der Waals surface area contributed by atoms with Gasteiger partial charge in [0, 0.05) is 43.2 Å². The van der Waals surface area contributed by atoms with Crippen molar-refractivity contribution in [3.8, 4) is 11.5 Å². The monoisotopic (exact) mass is 436 g/mol. The summed E-state index contributed by atoms with van der Waals surface area (Å²) in [5.74, 6) is 1.96. The van der Waals surface area contributed by atoms with E-state index in [2.05, 4.69) is 0 Å². The highest BCUT2D eigenvalue weighted by atomic mass is 16.5. The van der Waals surface area contributed by atoms with Gasteiger partial charge < -0.3 is 19.3 Å². The zero-order chi connectivity index (χ0) is 22.3. The molecule has 0 saturated carbocycles. The third-order valence-corrected chi connectivity index (χ3v) is 6.37. The van der Waals surface area contributed by atoms with Crippen molar-refractivity contribution < 1.29 is 19.1 Å². The summed E-state index contributed by atoms with van der Waals surface area (Å²) in [4.78, 5) is 29.3. The predicted octanol–water partition coefficient (Wildman–Crippen LogP) is 4.25. The maximum Gasteiger partial charge on any atom is 0.253 e. The minimum absolute atomic E-state index is 0.0536. The molecule has 4 rings (SSSR count). The number of benzene rings is 2. The van der Waals surface area contributed by atoms with Crippen LogP contribution in [0.4, 0.5) is 0 Å². The molecule has 1 atom stereocenters. The summed E-state index contributed by atoms with van der Waals surface area (Å²) in [5, 5.41) is 0. The van der Waals surface area contributed by atoms with E-state index in [1.54, 1.807) is 7.11 Å². The Morgan fingerprint density at radius 3 is 1.97 bits per heavy atom. The molecule has 2 aromatic rings. The van der Waals surface area contributed by atoms with Crippen molar-refractivity contribution in [2.75, 3.05) is 39.9 Å². The summed E-state index contributed by atoms with van der Waals surface area (Å²) in [6.07, 6.45) is 5.40. The predicted molar refractivity (Wildman–Crippen MR) is 123 cm³/mol. The van der Waals surface area contributed by atoms with Gasteiger partial charge in [-0.15, -0.1) is 0 Å². The lowest BCUT2D eigenvalue weighted by Crippen LogP contribution is -2.41. The second-order valence-electron chi connectivity index (χ2n) is 8.68. The molecule has 2 aliphatic heterocycles. The van der Waals surface area contributed by atoms with E-state index in [-0.39, 0.29) is 11.8 Å². The first-order valence-corrected chi connectivity index (χ1v) is 11.6. The van der Waals surface area contributed by atoms with Crippen LogP contribution in [0.3, 0.4) is 0 Å². The van der Waals surface area contributed by atoms with Gasteiger partial charge in [-0.05, 0) is 80.6 Å². The van der Waals surface area contributed by atoms with E-state index in [9.17, 15) is 9.59 Å². The van der Waals surface area contributed by atoms with E-state index < -0.39 is 0 Å². The fraction of sp³-hybridized carbons (Fsp3) is 0.462. The molecule has 0 aromatic heterocycles. The lowest BCUT2D eigenvalue weighted by Gasteiger charge is -2.32. The van der Waals surface area contributed by atoms with Gasteiger partial charge in [0.2, 0.25) is 0 Å². The first-order chi connectivity index (χ1) is 15.6. The third kappa shape index (κ3) is 5.42. The summed E-state index contributed by atoms with van der Waals surface area (Å²) in [5.41, 5.74) is 1.40. The van der Waals surface area contributed by atoms with Gasteiger partial charge in [0.25, 0.3) is 11.8 Å². The number of hydrogen-bond acceptors (Lipinski definition) is 4. The number of likely N-dealkylation sites (tertiary alicyclic amines) is 2. The van der Waals surface area contributed by atoms with Crippen LogP contribution in [-0.4, -0.2) is 61.5 Å². The van der Waals surface area contributed by atoms with E-state index in [0.717, 1.165) is 56.8 Å². The topological polar surface area (TPSA) is 59.1 Å². The van der Waals surface area contributed by atoms with Gasteiger partial charge in [-0.2, -0.15) is 0 Å². The number of carbonyl (C=O) groups is 2. The molecule has 170 valence electrons. The Balaban J connectivity index is 1.28. The molecular formula is C26H32N2O4. The maximum atomic E-state index is 12.9. The second kappa shape index (κ2) is 10.5. The minimum atomic E-state index is 0.0536. The average Bonchev–Trinajstić information content (AvgIpc) is 2.87. The summed E-state index contributed by atoms with van der Waals surface area (Å²) < 4.78 is 11.2. The highest BCUT2D eigenvalue weighted by Crippen LogP contribution is 2.22. The fourth-order valence-electron chi connectivity index (χ4n) is 4.49. The largest absolute Gasteiger partial charge is 0.497 e. The summed E-state index contributed by atoms with van der Waals surface area (Å²) in [6.45, 7) is 3.73. The van der Waals surface area contributed by atoms with Crippen LogP contribution in [0.1, 0.15) is 52.8 Å². The maximum absolute atomic E-state index is 12.9. The van der Waals surface area contributed by atoms with Gasteiger partial charge >= 0.3 is 0 Å². The SMILES string of the molecule is COc1ccc(C(=O)N2CCC[C@@H](COc3ccc(C(=O)N4CCCCC4)cc3)C2)cc1. The number of rotatable bonds is 6. The number of carbonyl (C=O) groups excluding carboxylic acids is 2. The molecule has 2 aliphatic rings. The molecule has 2 heterocycles. The lowest BCUT2D eigenvalue weighted by atomic mass is 9.98. The Labute approximate surface area is 190 Å². The van der Waals surface area contributed by atoms with Gasteiger partial charge in [0.05, 0.1) is 13.7 Å². The molecular weight excluding hydrogens is 404 g/mol. The van der Waals surface area contributed by atoms with Crippen molar-refractivity contribution in [3.05, 3.63) is 59.7 Å². The van der Waals surface area contributed by atoms with Crippen molar-refractivity contribution in [2.45, 2.75) is 32.1 Å². The van der Waals surface area contributed by atoms with Crippen molar-refractivity contribution in [1.29, 1.82) is 0 Å². The number of amides is 2. The van der Waals surface area contributed by atoms with E-state index >= 15 is 0 Å². The van der Waals surface area contributed by atoms with E-state index in [1.807, 2.05) is 58.3 Å². The Morgan fingerprint density at radius 2 is 1.34 bits per heavy atom. The molecule has 0 spiro atoms. The molecule has 2 amide bonds. The van der Waals surface area contributed by atoms with Crippen LogP contribution in [0.15, 0.2) is 48.5 Å². The lowest BCUT2D eigenvalue weighted by molar-refractivity contribution is 0.0633. The molecule has 6 heteroatoms. The second-order valence-corrected chi connectivity index (χ2v) is 8.68. The number of methoxy groups -OCH3 is 1. The Bertz CT molecular complexity index is 904. The Morgan fingerprint density at radius 1 is 0.781 bits per heavy atom. The zero-order valence-electron chi connectivity index (χ0n) is 18.8. The van der Waals surface area contributed by atoms with E-state index in [1.165, 1.54) is 6.42 Å². The van der Waals surface area contributed by atoms with Gasteiger partial charge in [0.15, 0.2) is 0 Å². The van der Waals surface area contributed by atoms with Crippen LogP contribution in [0.25, 0.3) is 0 Å². The van der Waals surface area contributed by atoms with Crippen LogP contribution < -0.4 is 9.47 Å². The highest BCUT2D eigenvalue weighted by molar-refractivity contribution is 5.95. The van der Waals surface area contributed by atoms with E-state index in [4.69, 9.17) is 9.47 Å². The highest BCUT2D eigenvalue weighted by Gasteiger charge is 2.25. The van der Waals surface area contributed by atoms with Gasteiger partial charge in [-0.3, -0.25) is 9.59 Å². The molecule has 2 aromatic carbocycles. The minimum Gasteiger partial charge on any atom is -0.497 e. The van der Waals surface area contributed by atoms with Gasteiger partial charge in [-0.25, -0.2) is 0 Å². The van der Waals surface area contributed by atoms with E-state index in [0.29, 0.717) is 30.2 Å². The first-order valence-electron chi connectivity index (χ1n) is 11.6. The van der Waals surface area contributed by atoms with Crippen molar-refractivity contribution in [1.82, 2.24) is 9.80 Å². The van der Waals surface area contributed by atoms with Crippen LogP contribution >= 0.6 is 0 Å². The smallest absolute Gasteiger partial charge is 0.253 e. The van der Waals surface area contributed by atoms with Crippen LogP contribution in [0.5, 0.6) is 11.5 Å². The Hall–Kier alpha value is -3.02. The molecule has 2 fully saturated rings. The number of piperidine rings is 2.